The van der Waals surface area contributed by atoms with Crippen LogP contribution in [0.2, 0.25) is 10.0 Å². The van der Waals surface area contributed by atoms with Crippen LogP contribution in [0.4, 0.5) is 0 Å². The van der Waals surface area contributed by atoms with Crippen LogP contribution in [-0.4, -0.2) is 32.9 Å². The minimum Gasteiger partial charge on any atom is -0.481 e. The van der Waals surface area contributed by atoms with Crippen LogP contribution in [0.5, 0.6) is 0 Å². The number of rotatable bonds is 9. The first-order valence-corrected chi connectivity index (χ1v) is 13.1. The molecule has 0 spiro atoms. The van der Waals surface area contributed by atoms with Gasteiger partial charge in [0.2, 0.25) is 5.91 Å². The Morgan fingerprint density at radius 2 is 1.83 bits per heavy atom. The fraction of sp³-hybridized carbons (Fsp3) is 0.345. The molecule has 0 bridgehead atoms. The van der Waals surface area contributed by atoms with Gasteiger partial charge in [-0.05, 0) is 73.2 Å². The van der Waals surface area contributed by atoms with Crippen molar-refractivity contribution in [2.75, 3.05) is 0 Å². The first-order valence-electron chi connectivity index (χ1n) is 12.3. The Hall–Kier alpha value is -2.89. The van der Waals surface area contributed by atoms with Crippen molar-refractivity contribution in [3.8, 4) is 0 Å². The fourth-order valence-corrected chi connectivity index (χ4v) is 5.70. The van der Waals surface area contributed by atoms with E-state index in [1.807, 2.05) is 71.6 Å². The molecule has 2 heterocycles. The van der Waals surface area contributed by atoms with Crippen molar-refractivity contribution in [3.05, 3.63) is 99.8 Å². The van der Waals surface area contributed by atoms with Crippen LogP contribution in [0.15, 0.2) is 72.9 Å². The molecule has 2 aromatic carbocycles. The van der Waals surface area contributed by atoms with E-state index in [2.05, 4.69) is 11.9 Å². The number of benzene rings is 2. The molecule has 1 N–H and O–H groups in total. The van der Waals surface area contributed by atoms with E-state index >= 15 is 0 Å². The molecule has 1 saturated heterocycles. The number of aliphatic carboxylic acids is 1. The Kier molecular flexibility index (Phi) is 8.65. The lowest BCUT2D eigenvalue weighted by atomic mass is 9.74. The second kappa shape index (κ2) is 11.9. The summed E-state index contributed by atoms with van der Waals surface area (Å²) in [6, 6.07) is 20.8. The number of carbonyl (C=O) groups excluding carboxylic acids is 1. The minimum absolute atomic E-state index is 0.0848. The Morgan fingerprint density at radius 1 is 1.06 bits per heavy atom. The normalized spacial score (nSPS) is 20.8. The highest BCUT2D eigenvalue weighted by Gasteiger charge is 2.45. The molecule has 3 aromatic rings. The number of halogens is 2. The predicted molar refractivity (Wildman–Crippen MR) is 142 cm³/mol. The summed E-state index contributed by atoms with van der Waals surface area (Å²) in [5.41, 5.74) is 2.94. The van der Waals surface area contributed by atoms with Crippen LogP contribution in [0, 0.1) is 5.92 Å². The first kappa shape index (κ1) is 26.2. The van der Waals surface area contributed by atoms with Crippen molar-refractivity contribution in [1.82, 2.24) is 9.88 Å². The predicted octanol–water partition coefficient (Wildman–Crippen LogP) is 6.95. The first-order chi connectivity index (χ1) is 17.4. The van der Waals surface area contributed by atoms with Gasteiger partial charge in [-0.25, -0.2) is 0 Å². The fourth-order valence-electron chi connectivity index (χ4n) is 5.38. The van der Waals surface area contributed by atoms with E-state index in [0.717, 1.165) is 36.1 Å². The molecule has 0 radical (unpaired) electrons. The van der Waals surface area contributed by atoms with Crippen molar-refractivity contribution in [2.45, 2.75) is 57.0 Å². The minimum atomic E-state index is -0.968. The third-order valence-electron chi connectivity index (χ3n) is 7.06. The highest BCUT2D eigenvalue weighted by atomic mass is 35.5. The van der Waals surface area contributed by atoms with E-state index in [0.29, 0.717) is 16.5 Å². The van der Waals surface area contributed by atoms with Gasteiger partial charge in [0.15, 0.2) is 0 Å². The Morgan fingerprint density at radius 3 is 2.47 bits per heavy atom. The molecule has 1 fully saturated rings. The maximum Gasteiger partial charge on any atom is 0.304 e. The molecule has 1 amide bonds. The van der Waals surface area contributed by atoms with Crippen molar-refractivity contribution in [2.24, 2.45) is 5.92 Å². The lowest BCUT2D eigenvalue weighted by Crippen LogP contribution is -2.52. The summed E-state index contributed by atoms with van der Waals surface area (Å²) in [5.74, 6) is -1.80. The van der Waals surface area contributed by atoms with E-state index in [1.165, 1.54) is 0 Å². The molecule has 1 aromatic heterocycles. The van der Waals surface area contributed by atoms with Crippen LogP contribution in [0.25, 0.3) is 0 Å². The van der Waals surface area contributed by atoms with Crippen molar-refractivity contribution >= 4 is 35.1 Å². The van der Waals surface area contributed by atoms with Gasteiger partial charge < -0.3 is 10.0 Å². The van der Waals surface area contributed by atoms with Crippen LogP contribution in [-0.2, 0) is 16.0 Å². The zero-order valence-electron chi connectivity index (χ0n) is 20.2. The zero-order valence-corrected chi connectivity index (χ0v) is 21.7. The van der Waals surface area contributed by atoms with Gasteiger partial charge in [-0.3, -0.25) is 14.6 Å². The molecule has 0 saturated carbocycles. The van der Waals surface area contributed by atoms with Crippen LogP contribution in [0.1, 0.15) is 61.4 Å². The molecule has 0 aliphatic carbocycles. The largest absolute Gasteiger partial charge is 0.481 e. The zero-order chi connectivity index (χ0) is 25.7. The number of aryl methyl sites for hydroxylation is 1. The molecule has 3 unspecified atom stereocenters. The van der Waals surface area contributed by atoms with Gasteiger partial charge in [0.25, 0.3) is 0 Å². The van der Waals surface area contributed by atoms with E-state index in [-0.39, 0.29) is 30.3 Å². The summed E-state index contributed by atoms with van der Waals surface area (Å²) in [6.45, 7) is 2.07. The highest BCUT2D eigenvalue weighted by Crippen LogP contribution is 2.48. The molecular weight excluding hydrogens is 495 g/mol. The average Bonchev–Trinajstić information content (AvgIpc) is 2.87. The lowest BCUT2D eigenvalue weighted by Gasteiger charge is -2.48. The summed E-state index contributed by atoms with van der Waals surface area (Å²) in [5, 5.41) is 10.9. The molecule has 1 aliphatic heterocycles. The number of carbonyl (C=O) groups is 2. The standard InChI is InChI=1S/C29H30Cl2N2O3/c1-2-25(14-13-24-8-3-4-15-32-24)33-28(19-9-11-22(30)12-10-19)26(20-6-5-7-23(31)16-20)17-21(29(33)36)18-27(34)35/h3-12,15-16,21,25-26,28H,2,13-14,17-18H2,1H3,(H,34,35)/t21?,25?,26-,28?/m1/s1. The maximum absolute atomic E-state index is 14.0. The number of amides is 1. The summed E-state index contributed by atoms with van der Waals surface area (Å²) < 4.78 is 0. The lowest BCUT2D eigenvalue weighted by molar-refractivity contribution is -0.152. The summed E-state index contributed by atoms with van der Waals surface area (Å²) in [4.78, 5) is 32.1. The molecule has 7 heteroatoms. The van der Waals surface area contributed by atoms with Gasteiger partial charge in [-0.1, -0.05) is 60.5 Å². The summed E-state index contributed by atoms with van der Waals surface area (Å²) in [7, 11) is 0. The van der Waals surface area contributed by atoms with Crippen molar-refractivity contribution in [1.29, 1.82) is 0 Å². The molecule has 4 atom stereocenters. The number of nitrogens with zero attached hydrogens (tertiary/aromatic N) is 2. The number of likely N-dealkylation sites (tertiary alicyclic amines) is 1. The number of piperidine rings is 1. The molecule has 4 rings (SSSR count). The van der Waals surface area contributed by atoms with E-state index < -0.39 is 11.9 Å². The molecule has 5 nitrogen and oxygen atoms in total. The monoisotopic (exact) mass is 524 g/mol. The highest BCUT2D eigenvalue weighted by molar-refractivity contribution is 6.30. The molecule has 36 heavy (non-hydrogen) atoms. The quantitative estimate of drug-likeness (QED) is 0.328. The van der Waals surface area contributed by atoms with Crippen LogP contribution >= 0.6 is 23.2 Å². The van der Waals surface area contributed by atoms with Crippen LogP contribution in [0.3, 0.4) is 0 Å². The number of carboxylic acids is 1. The van der Waals surface area contributed by atoms with E-state index in [1.54, 1.807) is 6.20 Å². The van der Waals surface area contributed by atoms with Gasteiger partial charge in [-0.15, -0.1) is 0 Å². The third kappa shape index (κ3) is 6.08. The van der Waals surface area contributed by atoms with Gasteiger partial charge in [0.1, 0.15) is 0 Å². The Balaban J connectivity index is 1.79. The maximum atomic E-state index is 14.0. The second-order valence-electron chi connectivity index (χ2n) is 9.36. The van der Waals surface area contributed by atoms with Gasteiger partial charge in [0.05, 0.1) is 12.5 Å². The smallest absolute Gasteiger partial charge is 0.304 e. The Bertz CT molecular complexity index is 1190. The van der Waals surface area contributed by atoms with E-state index in [4.69, 9.17) is 23.2 Å². The second-order valence-corrected chi connectivity index (χ2v) is 10.2. The number of aromatic nitrogens is 1. The Labute approximate surface area is 222 Å². The van der Waals surface area contributed by atoms with Crippen molar-refractivity contribution < 1.29 is 14.7 Å². The van der Waals surface area contributed by atoms with Gasteiger partial charge in [0, 0.05) is 39.8 Å². The number of pyridine rings is 1. The average molecular weight is 525 g/mol. The van der Waals surface area contributed by atoms with Gasteiger partial charge >= 0.3 is 5.97 Å². The molecular formula is C29H30Cl2N2O3. The van der Waals surface area contributed by atoms with Crippen molar-refractivity contribution in [3.63, 3.8) is 0 Å². The third-order valence-corrected chi connectivity index (χ3v) is 7.54. The van der Waals surface area contributed by atoms with Crippen LogP contribution < -0.4 is 0 Å². The topological polar surface area (TPSA) is 70.5 Å². The summed E-state index contributed by atoms with van der Waals surface area (Å²) in [6.07, 6.45) is 4.21. The number of carboxylic acid groups (broad SMARTS) is 1. The number of hydrogen-bond acceptors (Lipinski definition) is 3. The van der Waals surface area contributed by atoms with E-state index in [9.17, 15) is 14.7 Å². The summed E-state index contributed by atoms with van der Waals surface area (Å²) >= 11 is 12.6. The molecule has 1 aliphatic rings. The molecule has 188 valence electrons. The number of hydrogen-bond donors (Lipinski definition) is 1. The van der Waals surface area contributed by atoms with Gasteiger partial charge in [-0.2, -0.15) is 0 Å². The SMILES string of the molecule is CCC(CCc1ccccn1)N1C(=O)C(CC(=O)O)C[C@H](c2cccc(Cl)c2)C1c1ccc(Cl)cc1.